The molecule has 108 valence electrons. The average Bonchev–Trinajstić information content (AvgIpc) is 3.03. The molecule has 0 bridgehead atoms. The number of carbonyl (C=O) groups is 1. The van der Waals surface area contributed by atoms with Crippen LogP contribution in [0.3, 0.4) is 0 Å². The maximum Gasteiger partial charge on any atom is 0.341 e. The van der Waals surface area contributed by atoms with Gasteiger partial charge in [-0.1, -0.05) is 0 Å². The van der Waals surface area contributed by atoms with Gasteiger partial charge in [0, 0.05) is 6.92 Å². The zero-order valence-corrected chi connectivity index (χ0v) is 11.7. The SMILES string of the molecule is Cc1ncc(Cn2c(=O)c(O)c(C(=O)O)c3sccc32)o1. The van der Waals surface area contributed by atoms with Crippen molar-refractivity contribution in [2.24, 2.45) is 0 Å². The van der Waals surface area contributed by atoms with E-state index in [9.17, 15) is 14.7 Å². The van der Waals surface area contributed by atoms with E-state index in [-0.39, 0.29) is 12.1 Å². The number of rotatable bonds is 3. The first kappa shape index (κ1) is 13.4. The van der Waals surface area contributed by atoms with Crippen molar-refractivity contribution in [2.45, 2.75) is 13.5 Å². The summed E-state index contributed by atoms with van der Waals surface area (Å²) in [4.78, 5) is 27.4. The molecule has 2 N–H and O–H groups in total. The van der Waals surface area contributed by atoms with Crippen molar-refractivity contribution >= 4 is 27.5 Å². The predicted molar refractivity (Wildman–Crippen MR) is 75.1 cm³/mol. The van der Waals surface area contributed by atoms with Gasteiger partial charge in [0.15, 0.2) is 11.6 Å². The van der Waals surface area contributed by atoms with Crippen molar-refractivity contribution in [1.29, 1.82) is 0 Å². The Bertz CT molecular complexity index is 905. The van der Waals surface area contributed by atoms with Gasteiger partial charge in [-0.15, -0.1) is 11.3 Å². The summed E-state index contributed by atoms with van der Waals surface area (Å²) in [6, 6.07) is 1.64. The third kappa shape index (κ3) is 2.09. The molecule has 0 spiro atoms. The van der Waals surface area contributed by atoms with E-state index >= 15 is 0 Å². The van der Waals surface area contributed by atoms with E-state index in [1.165, 1.54) is 10.8 Å². The summed E-state index contributed by atoms with van der Waals surface area (Å²) < 4.78 is 6.93. The van der Waals surface area contributed by atoms with Gasteiger partial charge in [0.05, 0.1) is 23.0 Å². The van der Waals surface area contributed by atoms with Crippen LogP contribution in [0, 0.1) is 6.92 Å². The fourth-order valence-corrected chi connectivity index (χ4v) is 3.08. The number of aryl methyl sites for hydroxylation is 1. The van der Waals surface area contributed by atoms with Gasteiger partial charge in [0.2, 0.25) is 0 Å². The van der Waals surface area contributed by atoms with Crippen molar-refractivity contribution in [1.82, 2.24) is 9.55 Å². The lowest BCUT2D eigenvalue weighted by molar-refractivity contribution is 0.0695. The van der Waals surface area contributed by atoms with E-state index in [0.29, 0.717) is 21.9 Å². The van der Waals surface area contributed by atoms with Crippen molar-refractivity contribution in [3.05, 3.63) is 45.2 Å². The Morgan fingerprint density at radius 3 is 2.90 bits per heavy atom. The lowest BCUT2D eigenvalue weighted by atomic mass is 10.2. The number of hydrogen-bond donors (Lipinski definition) is 2. The van der Waals surface area contributed by atoms with Gasteiger partial charge < -0.3 is 14.6 Å². The fourth-order valence-electron chi connectivity index (χ4n) is 2.14. The molecule has 0 fully saturated rings. The maximum atomic E-state index is 12.2. The molecule has 0 saturated carbocycles. The summed E-state index contributed by atoms with van der Waals surface area (Å²) in [5.41, 5.74) is -0.698. The lowest BCUT2D eigenvalue weighted by Gasteiger charge is -2.09. The normalized spacial score (nSPS) is 11.1. The van der Waals surface area contributed by atoms with E-state index < -0.39 is 17.3 Å². The number of oxazole rings is 1. The quantitative estimate of drug-likeness (QED) is 0.764. The molecule has 0 atom stereocenters. The molecule has 0 aliphatic heterocycles. The minimum atomic E-state index is -1.33. The van der Waals surface area contributed by atoms with E-state index in [1.807, 2.05) is 0 Å². The van der Waals surface area contributed by atoms with Gasteiger partial charge in [0.25, 0.3) is 5.56 Å². The molecule has 0 radical (unpaired) electrons. The van der Waals surface area contributed by atoms with E-state index in [2.05, 4.69) is 4.98 Å². The summed E-state index contributed by atoms with van der Waals surface area (Å²) in [5, 5.41) is 20.7. The Balaban J connectivity index is 2.26. The predicted octanol–water partition coefficient (Wildman–Crippen LogP) is 1.81. The van der Waals surface area contributed by atoms with Gasteiger partial charge in [-0.25, -0.2) is 9.78 Å². The highest BCUT2D eigenvalue weighted by Crippen LogP contribution is 2.29. The van der Waals surface area contributed by atoms with Crippen LogP contribution in [0.1, 0.15) is 22.0 Å². The number of pyridine rings is 1. The largest absolute Gasteiger partial charge is 0.502 e. The zero-order chi connectivity index (χ0) is 15.1. The van der Waals surface area contributed by atoms with E-state index in [0.717, 1.165) is 11.3 Å². The summed E-state index contributed by atoms with van der Waals surface area (Å²) in [7, 11) is 0. The van der Waals surface area contributed by atoms with Crippen LogP contribution in [0.5, 0.6) is 5.75 Å². The number of aromatic nitrogens is 2. The van der Waals surface area contributed by atoms with Crippen molar-refractivity contribution in [3.63, 3.8) is 0 Å². The third-order valence-electron chi connectivity index (χ3n) is 3.04. The van der Waals surface area contributed by atoms with Crippen molar-refractivity contribution < 1.29 is 19.4 Å². The minimum absolute atomic E-state index is 0.0698. The summed E-state index contributed by atoms with van der Waals surface area (Å²) >= 11 is 1.15. The number of aromatic hydroxyl groups is 1. The summed E-state index contributed by atoms with van der Waals surface area (Å²) in [6.45, 7) is 1.75. The first-order valence-electron chi connectivity index (χ1n) is 5.96. The molecule has 21 heavy (non-hydrogen) atoms. The average molecular weight is 306 g/mol. The van der Waals surface area contributed by atoms with E-state index in [4.69, 9.17) is 9.52 Å². The molecule has 7 nitrogen and oxygen atoms in total. The Hall–Kier alpha value is -2.61. The van der Waals surface area contributed by atoms with Gasteiger partial charge in [0.1, 0.15) is 11.3 Å². The molecular formula is C13H10N2O5S. The highest BCUT2D eigenvalue weighted by molar-refractivity contribution is 7.17. The number of nitrogens with zero attached hydrogens (tertiary/aromatic N) is 2. The molecule has 0 aliphatic rings. The van der Waals surface area contributed by atoms with Crippen molar-refractivity contribution in [2.75, 3.05) is 0 Å². The molecular weight excluding hydrogens is 296 g/mol. The second-order valence-electron chi connectivity index (χ2n) is 4.40. The standard InChI is InChI=1S/C13H10N2O5S/c1-6-14-4-7(20-6)5-15-8-2-3-21-11(8)9(13(18)19)10(16)12(15)17/h2-4,16H,5H2,1H3,(H,18,19). The second-order valence-corrected chi connectivity index (χ2v) is 5.32. The first-order valence-corrected chi connectivity index (χ1v) is 6.84. The number of carboxylic acid groups (broad SMARTS) is 1. The Kier molecular flexibility index (Phi) is 3.02. The van der Waals surface area contributed by atoms with Crippen LogP contribution < -0.4 is 5.56 Å². The van der Waals surface area contributed by atoms with Crippen LogP contribution in [0.15, 0.2) is 26.9 Å². The molecule has 0 saturated heterocycles. The smallest absolute Gasteiger partial charge is 0.341 e. The Labute approximate surface area is 121 Å². The van der Waals surface area contributed by atoms with Crippen molar-refractivity contribution in [3.8, 4) is 5.75 Å². The van der Waals surface area contributed by atoms with Gasteiger partial charge in [-0.05, 0) is 11.4 Å². The highest BCUT2D eigenvalue weighted by Gasteiger charge is 2.22. The molecule has 3 rings (SSSR count). The van der Waals surface area contributed by atoms with Gasteiger partial charge >= 0.3 is 5.97 Å². The molecule has 8 heteroatoms. The summed E-state index contributed by atoms with van der Waals surface area (Å²) in [6.07, 6.45) is 1.49. The summed E-state index contributed by atoms with van der Waals surface area (Å²) in [5.74, 6) is -1.19. The molecule has 0 amide bonds. The highest BCUT2D eigenvalue weighted by atomic mass is 32.1. The maximum absolute atomic E-state index is 12.2. The van der Waals surface area contributed by atoms with Gasteiger partial charge in [-0.3, -0.25) is 9.36 Å². The molecule has 0 unspecified atom stereocenters. The number of fused-ring (bicyclic) bond motifs is 1. The van der Waals surface area contributed by atoms with Crippen LogP contribution in [-0.4, -0.2) is 25.7 Å². The Morgan fingerprint density at radius 1 is 1.52 bits per heavy atom. The fraction of sp³-hybridized carbons (Fsp3) is 0.154. The Morgan fingerprint density at radius 2 is 2.29 bits per heavy atom. The van der Waals surface area contributed by atoms with Gasteiger partial charge in [-0.2, -0.15) is 0 Å². The first-order chi connectivity index (χ1) is 9.99. The number of thiophene rings is 1. The molecule has 0 aliphatic carbocycles. The molecule has 3 aromatic rings. The van der Waals surface area contributed by atoms with E-state index in [1.54, 1.807) is 18.4 Å². The minimum Gasteiger partial charge on any atom is -0.502 e. The topological polar surface area (TPSA) is 106 Å². The third-order valence-corrected chi connectivity index (χ3v) is 3.96. The monoisotopic (exact) mass is 306 g/mol. The van der Waals surface area contributed by atoms with Crippen LogP contribution in [0.2, 0.25) is 0 Å². The van der Waals surface area contributed by atoms with Crippen LogP contribution in [0.4, 0.5) is 0 Å². The second kappa shape index (κ2) is 4.74. The number of aromatic carboxylic acids is 1. The number of carboxylic acids is 1. The molecule has 3 heterocycles. The van der Waals surface area contributed by atoms with Crippen LogP contribution >= 0.6 is 11.3 Å². The molecule has 3 aromatic heterocycles. The van der Waals surface area contributed by atoms with Crippen LogP contribution in [-0.2, 0) is 6.54 Å². The number of hydrogen-bond acceptors (Lipinski definition) is 6. The zero-order valence-electron chi connectivity index (χ0n) is 10.9. The van der Waals surface area contributed by atoms with Crippen LogP contribution in [0.25, 0.3) is 10.2 Å². The lowest BCUT2D eigenvalue weighted by Crippen LogP contribution is -2.22. The molecule has 0 aromatic carbocycles.